The minimum Gasteiger partial charge on any atom is -0.496 e. The number of rotatable bonds is 5. The van der Waals surface area contributed by atoms with Crippen molar-refractivity contribution in [3.8, 4) is 5.75 Å². The quantitative estimate of drug-likeness (QED) is 0.849. The van der Waals surface area contributed by atoms with Gasteiger partial charge in [0.15, 0.2) is 0 Å². The molecule has 0 N–H and O–H groups in total. The lowest BCUT2D eigenvalue weighted by atomic mass is 10.0. The van der Waals surface area contributed by atoms with Gasteiger partial charge in [-0.15, -0.1) is 0 Å². The first-order valence-electron chi connectivity index (χ1n) is 7.70. The van der Waals surface area contributed by atoms with E-state index in [4.69, 9.17) is 14.2 Å². The first kappa shape index (κ1) is 15.3. The van der Waals surface area contributed by atoms with Crippen molar-refractivity contribution in [2.45, 2.75) is 12.6 Å². The van der Waals surface area contributed by atoms with Crippen LogP contribution in [0.3, 0.4) is 0 Å². The van der Waals surface area contributed by atoms with Crippen molar-refractivity contribution in [3.63, 3.8) is 0 Å². The van der Waals surface area contributed by atoms with E-state index in [-0.39, 0.29) is 6.10 Å². The molecule has 1 atom stereocenters. The van der Waals surface area contributed by atoms with Crippen LogP contribution in [-0.4, -0.2) is 51.5 Å². The molecule has 0 amide bonds. The SMILES string of the molecule is COc1ccc2ccccc2c1CN(C)C[C@H]1COCCO1. The van der Waals surface area contributed by atoms with Crippen molar-refractivity contribution in [2.75, 3.05) is 40.5 Å². The molecule has 2 aromatic carbocycles. The van der Waals surface area contributed by atoms with Gasteiger partial charge in [0.2, 0.25) is 0 Å². The van der Waals surface area contributed by atoms with E-state index in [0.29, 0.717) is 19.8 Å². The normalized spacial score (nSPS) is 18.8. The van der Waals surface area contributed by atoms with E-state index in [0.717, 1.165) is 18.8 Å². The van der Waals surface area contributed by atoms with Gasteiger partial charge in [-0.25, -0.2) is 0 Å². The molecule has 0 unspecified atom stereocenters. The molecule has 3 rings (SSSR count). The molecule has 0 aliphatic carbocycles. The molecule has 2 aromatic rings. The van der Waals surface area contributed by atoms with Gasteiger partial charge in [0.05, 0.1) is 33.0 Å². The molecule has 1 heterocycles. The minimum atomic E-state index is 0.153. The number of hydrogen-bond acceptors (Lipinski definition) is 4. The van der Waals surface area contributed by atoms with Crippen molar-refractivity contribution in [3.05, 3.63) is 42.0 Å². The topological polar surface area (TPSA) is 30.9 Å². The third-order valence-electron chi connectivity index (χ3n) is 4.05. The molecule has 1 aliphatic rings. The summed E-state index contributed by atoms with van der Waals surface area (Å²) in [5, 5.41) is 2.48. The number of fused-ring (bicyclic) bond motifs is 1. The van der Waals surface area contributed by atoms with E-state index in [1.54, 1.807) is 7.11 Å². The Labute approximate surface area is 131 Å². The molecule has 0 saturated carbocycles. The standard InChI is InChI=1S/C18H23NO3/c1-19(11-15-13-21-9-10-22-15)12-17-16-6-4-3-5-14(16)7-8-18(17)20-2/h3-8,15H,9-13H2,1-2H3/t15-/m0/s1. The lowest BCUT2D eigenvalue weighted by Crippen LogP contribution is -2.38. The summed E-state index contributed by atoms with van der Waals surface area (Å²) in [6.45, 7) is 3.75. The predicted octanol–water partition coefficient (Wildman–Crippen LogP) is 2.70. The molecule has 0 bridgehead atoms. The average molecular weight is 301 g/mol. The highest BCUT2D eigenvalue weighted by molar-refractivity contribution is 5.87. The van der Waals surface area contributed by atoms with E-state index < -0.39 is 0 Å². The Kier molecular flexibility index (Phi) is 4.93. The molecule has 0 radical (unpaired) electrons. The van der Waals surface area contributed by atoms with Crippen LogP contribution in [0.2, 0.25) is 0 Å². The van der Waals surface area contributed by atoms with Crippen molar-refractivity contribution in [2.24, 2.45) is 0 Å². The second kappa shape index (κ2) is 7.09. The molecule has 1 fully saturated rings. The van der Waals surface area contributed by atoms with E-state index >= 15 is 0 Å². The third kappa shape index (κ3) is 3.40. The summed E-state index contributed by atoms with van der Waals surface area (Å²) in [5.41, 5.74) is 1.22. The summed E-state index contributed by atoms with van der Waals surface area (Å²) < 4.78 is 16.8. The highest BCUT2D eigenvalue weighted by atomic mass is 16.6. The number of benzene rings is 2. The van der Waals surface area contributed by atoms with Crippen LogP contribution in [0.4, 0.5) is 0 Å². The fraction of sp³-hybridized carbons (Fsp3) is 0.444. The Morgan fingerprint density at radius 3 is 2.82 bits per heavy atom. The summed E-state index contributed by atoms with van der Waals surface area (Å²) in [4.78, 5) is 2.27. The molecule has 1 saturated heterocycles. The molecule has 118 valence electrons. The fourth-order valence-electron chi connectivity index (χ4n) is 2.99. The lowest BCUT2D eigenvalue weighted by molar-refractivity contribution is -0.0962. The Hall–Kier alpha value is -1.62. The van der Waals surface area contributed by atoms with Gasteiger partial charge in [0, 0.05) is 18.7 Å². The Bertz CT molecular complexity index is 623. The minimum absolute atomic E-state index is 0.153. The van der Waals surface area contributed by atoms with Crippen molar-refractivity contribution < 1.29 is 14.2 Å². The van der Waals surface area contributed by atoms with Crippen molar-refractivity contribution >= 4 is 10.8 Å². The van der Waals surface area contributed by atoms with Gasteiger partial charge in [-0.1, -0.05) is 30.3 Å². The summed E-state index contributed by atoms with van der Waals surface area (Å²) in [5.74, 6) is 0.936. The van der Waals surface area contributed by atoms with Crippen LogP contribution >= 0.6 is 0 Å². The van der Waals surface area contributed by atoms with Crippen LogP contribution in [0.5, 0.6) is 5.75 Å². The molecule has 0 aromatic heterocycles. The highest BCUT2D eigenvalue weighted by Crippen LogP contribution is 2.29. The zero-order valence-electron chi connectivity index (χ0n) is 13.2. The smallest absolute Gasteiger partial charge is 0.123 e. The van der Waals surface area contributed by atoms with Gasteiger partial charge < -0.3 is 14.2 Å². The van der Waals surface area contributed by atoms with E-state index in [9.17, 15) is 0 Å². The third-order valence-corrected chi connectivity index (χ3v) is 4.05. The number of methoxy groups -OCH3 is 1. The van der Waals surface area contributed by atoms with Gasteiger partial charge in [-0.05, 0) is 23.9 Å². The Balaban J connectivity index is 1.79. The number of likely N-dealkylation sites (N-methyl/N-ethyl adjacent to an activating group) is 1. The first-order valence-corrected chi connectivity index (χ1v) is 7.70. The summed E-state index contributed by atoms with van der Waals surface area (Å²) in [6.07, 6.45) is 0.153. The number of nitrogens with zero attached hydrogens (tertiary/aromatic N) is 1. The van der Waals surface area contributed by atoms with Crippen LogP contribution in [0.1, 0.15) is 5.56 Å². The molecule has 22 heavy (non-hydrogen) atoms. The average Bonchev–Trinajstić information content (AvgIpc) is 2.56. The van der Waals surface area contributed by atoms with Gasteiger partial charge in [0.25, 0.3) is 0 Å². The maximum absolute atomic E-state index is 5.73. The molecular weight excluding hydrogens is 278 g/mol. The Morgan fingerprint density at radius 2 is 2.05 bits per heavy atom. The molecule has 4 nitrogen and oxygen atoms in total. The first-order chi connectivity index (χ1) is 10.8. The van der Waals surface area contributed by atoms with Gasteiger partial charge in [-0.2, -0.15) is 0 Å². The predicted molar refractivity (Wildman–Crippen MR) is 87.4 cm³/mol. The number of hydrogen-bond donors (Lipinski definition) is 0. The van der Waals surface area contributed by atoms with Gasteiger partial charge in [0.1, 0.15) is 5.75 Å². The zero-order valence-corrected chi connectivity index (χ0v) is 13.2. The van der Waals surface area contributed by atoms with Crippen LogP contribution in [0.15, 0.2) is 36.4 Å². The van der Waals surface area contributed by atoms with Crippen LogP contribution in [0.25, 0.3) is 10.8 Å². The van der Waals surface area contributed by atoms with Crippen LogP contribution in [-0.2, 0) is 16.0 Å². The van der Waals surface area contributed by atoms with Crippen LogP contribution in [0, 0.1) is 0 Å². The van der Waals surface area contributed by atoms with Crippen molar-refractivity contribution in [1.82, 2.24) is 4.90 Å². The monoisotopic (exact) mass is 301 g/mol. The summed E-state index contributed by atoms with van der Waals surface area (Å²) >= 11 is 0. The summed E-state index contributed by atoms with van der Waals surface area (Å²) in [6, 6.07) is 12.6. The second-order valence-corrected chi connectivity index (χ2v) is 5.73. The second-order valence-electron chi connectivity index (χ2n) is 5.73. The maximum atomic E-state index is 5.73. The molecular formula is C18H23NO3. The van der Waals surface area contributed by atoms with Gasteiger partial charge >= 0.3 is 0 Å². The summed E-state index contributed by atoms with van der Waals surface area (Å²) in [7, 11) is 3.84. The zero-order chi connectivity index (χ0) is 15.4. The fourth-order valence-corrected chi connectivity index (χ4v) is 2.99. The molecule has 1 aliphatic heterocycles. The largest absolute Gasteiger partial charge is 0.496 e. The highest BCUT2D eigenvalue weighted by Gasteiger charge is 2.18. The van der Waals surface area contributed by atoms with Gasteiger partial charge in [-0.3, -0.25) is 4.90 Å². The lowest BCUT2D eigenvalue weighted by Gasteiger charge is -2.28. The molecule has 4 heteroatoms. The van der Waals surface area contributed by atoms with Crippen LogP contribution < -0.4 is 4.74 Å². The van der Waals surface area contributed by atoms with E-state index in [1.165, 1.54) is 16.3 Å². The number of ether oxygens (including phenoxy) is 3. The van der Waals surface area contributed by atoms with Crippen molar-refractivity contribution in [1.29, 1.82) is 0 Å². The van der Waals surface area contributed by atoms with E-state index in [1.807, 2.05) is 6.07 Å². The molecule has 0 spiro atoms. The maximum Gasteiger partial charge on any atom is 0.123 e. The Morgan fingerprint density at radius 1 is 1.18 bits per heavy atom. The van der Waals surface area contributed by atoms with E-state index in [2.05, 4.69) is 42.3 Å².